The molecule has 160 valence electrons. The fraction of sp³-hybridized carbons (Fsp3) is 0.269. The number of nitrogens with zero attached hydrogens (tertiary/aromatic N) is 1. The van der Waals surface area contributed by atoms with Gasteiger partial charge in [0.2, 0.25) is 0 Å². The van der Waals surface area contributed by atoms with E-state index in [0.717, 1.165) is 49.7 Å². The summed E-state index contributed by atoms with van der Waals surface area (Å²) in [6.07, 6.45) is 2.43. The lowest BCUT2D eigenvalue weighted by Gasteiger charge is -2.28. The van der Waals surface area contributed by atoms with Crippen LogP contribution in [-0.4, -0.2) is 29.3 Å². The Bertz CT molecular complexity index is 969. The molecule has 1 saturated heterocycles. The summed E-state index contributed by atoms with van der Waals surface area (Å²) in [5.41, 5.74) is 3.43. The van der Waals surface area contributed by atoms with Gasteiger partial charge >= 0.3 is 0 Å². The third-order valence-corrected chi connectivity index (χ3v) is 5.67. The number of para-hydroxylation sites is 1. The van der Waals surface area contributed by atoms with Crippen molar-refractivity contribution in [2.24, 2.45) is 0 Å². The van der Waals surface area contributed by atoms with E-state index in [0.29, 0.717) is 5.11 Å². The highest BCUT2D eigenvalue weighted by Crippen LogP contribution is 2.23. The van der Waals surface area contributed by atoms with Gasteiger partial charge in [0.1, 0.15) is 11.5 Å². The molecule has 3 aromatic carbocycles. The number of aryl methyl sites for hydroxylation is 1. The highest BCUT2D eigenvalue weighted by molar-refractivity contribution is 7.80. The Morgan fingerprint density at radius 2 is 1.71 bits per heavy atom. The molecule has 0 amide bonds. The predicted octanol–water partition coefficient (Wildman–Crippen LogP) is 6.17. The smallest absolute Gasteiger partial charge is 0.173 e. The van der Waals surface area contributed by atoms with Crippen LogP contribution in [0.4, 0.5) is 5.69 Å². The molecule has 5 heteroatoms. The first-order chi connectivity index (χ1) is 15.2. The maximum Gasteiger partial charge on any atom is 0.173 e. The van der Waals surface area contributed by atoms with E-state index in [1.807, 2.05) is 54.6 Å². The molecule has 0 saturated carbocycles. The van der Waals surface area contributed by atoms with Gasteiger partial charge in [0.25, 0.3) is 0 Å². The lowest BCUT2D eigenvalue weighted by Crippen LogP contribution is -2.39. The largest absolute Gasteiger partial charge is 0.457 e. The predicted molar refractivity (Wildman–Crippen MR) is 130 cm³/mol. The normalized spacial score (nSPS) is 15.5. The molecule has 1 atom stereocenters. The van der Waals surface area contributed by atoms with E-state index >= 15 is 0 Å². The maximum absolute atomic E-state index is 5.88. The molecule has 0 aromatic heterocycles. The number of rotatable bonds is 7. The van der Waals surface area contributed by atoms with Gasteiger partial charge in [0.15, 0.2) is 5.11 Å². The molecule has 1 N–H and O–H groups in total. The average molecular weight is 433 g/mol. The fourth-order valence-corrected chi connectivity index (χ4v) is 3.86. The van der Waals surface area contributed by atoms with Crippen molar-refractivity contribution in [1.29, 1.82) is 0 Å². The summed E-state index contributed by atoms with van der Waals surface area (Å²) in [4.78, 5) is 2.20. The fourth-order valence-electron chi connectivity index (χ4n) is 3.60. The Morgan fingerprint density at radius 1 is 1.00 bits per heavy atom. The second kappa shape index (κ2) is 10.4. The minimum absolute atomic E-state index is 0.229. The van der Waals surface area contributed by atoms with E-state index < -0.39 is 0 Å². The highest BCUT2D eigenvalue weighted by atomic mass is 32.1. The van der Waals surface area contributed by atoms with Crippen molar-refractivity contribution in [3.05, 3.63) is 90.0 Å². The van der Waals surface area contributed by atoms with Gasteiger partial charge in [-0.15, -0.1) is 0 Å². The molecule has 31 heavy (non-hydrogen) atoms. The molecular weight excluding hydrogens is 404 g/mol. The Kier molecular flexibility index (Phi) is 7.18. The molecular formula is C26H28N2O2S. The first kappa shape index (κ1) is 21.3. The van der Waals surface area contributed by atoms with Crippen LogP contribution >= 0.6 is 12.2 Å². The topological polar surface area (TPSA) is 33.7 Å². The van der Waals surface area contributed by atoms with E-state index in [1.54, 1.807) is 0 Å². The second-order valence-electron chi connectivity index (χ2n) is 7.87. The quantitative estimate of drug-likeness (QED) is 0.452. The van der Waals surface area contributed by atoms with Crippen molar-refractivity contribution in [3.63, 3.8) is 0 Å². The van der Waals surface area contributed by atoms with Gasteiger partial charge < -0.3 is 19.7 Å². The first-order valence-corrected chi connectivity index (χ1v) is 11.1. The molecule has 0 radical (unpaired) electrons. The summed E-state index contributed by atoms with van der Waals surface area (Å²) in [5, 5.41) is 4.09. The molecule has 1 heterocycles. The summed E-state index contributed by atoms with van der Waals surface area (Å²) in [6, 6.07) is 26.2. The average Bonchev–Trinajstić information content (AvgIpc) is 3.30. The van der Waals surface area contributed by atoms with Gasteiger partial charge in [0, 0.05) is 25.4 Å². The van der Waals surface area contributed by atoms with E-state index in [2.05, 4.69) is 41.4 Å². The lowest BCUT2D eigenvalue weighted by atomic mass is 10.1. The van der Waals surface area contributed by atoms with Crippen LogP contribution in [-0.2, 0) is 11.3 Å². The zero-order valence-electron chi connectivity index (χ0n) is 17.8. The molecule has 4 nitrogen and oxygen atoms in total. The summed E-state index contributed by atoms with van der Waals surface area (Å²) in [7, 11) is 0. The molecule has 0 aliphatic carbocycles. The SMILES string of the molecule is Cc1ccc(CN(C[C@@H]2CCCO2)C(=S)Nc2ccc(Oc3ccccc3)cc2)cc1. The lowest BCUT2D eigenvalue weighted by molar-refractivity contribution is 0.0905. The standard InChI is InChI=1S/C26H28N2O2S/c1-20-9-11-21(12-10-20)18-28(19-25-8-5-17-29-25)26(31)27-22-13-15-24(16-14-22)30-23-6-3-2-4-7-23/h2-4,6-7,9-16,25H,5,8,17-19H2,1H3,(H,27,31)/t25-/m0/s1. The van der Waals surface area contributed by atoms with Crippen molar-refractivity contribution < 1.29 is 9.47 Å². The van der Waals surface area contributed by atoms with Crippen LogP contribution in [0.3, 0.4) is 0 Å². The van der Waals surface area contributed by atoms with Gasteiger partial charge in [-0.05, 0) is 73.9 Å². The van der Waals surface area contributed by atoms with E-state index in [1.165, 1.54) is 11.1 Å². The van der Waals surface area contributed by atoms with Crippen LogP contribution in [0.15, 0.2) is 78.9 Å². The molecule has 1 aliphatic rings. The van der Waals surface area contributed by atoms with Crippen molar-refractivity contribution in [2.45, 2.75) is 32.4 Å². The van der Waals surface area contributed by atoms with Gasteiger partial charge in [0.05, 0.1) is 6.10 Å². The number of ether oxygens (including phenoxy) is 2. The van der Waals surface area contributed by atoms with E-state index in [-0.39, 0.29) is 6.10 Å². The van der Waals surface area contributed by atoms with Gasteiger partial charge in [-0.1, -0.05) is 48.0 Å². The summed E-state index contributed by atoms with van der Waals surface area (Å²) < 4.78 is 11.7. The third kappa shape index (κ3) is 6.29. The Morgan fingerprint density at radius 3 is 2.39 bits per heavy atom. The van der Waals surface area contributed by atoms with Crippen molar-refractivity contribution in [1.82, 2.24) is 4.90 Å². The number of anilines is 1. The van der Waals surface area contributed by atoms with Crippen LogP contribution in [0.5, 0.6) is 11.5 Å². The van der Waals surface area contributed by atoms with Crippen LogP contribution in [0.25, 0.3) is 0 Å². The minimum atomic E-state index is 0.229. The maximum atomic E-state index is 5.88. The molecule has 1 aliphatic heterocycles. The summed E-state index contributed by atoms with van der Waals surface area (Å²) in [5.74, 6) is 1.61. The van der Waals surface area contributed by atoms with Crippen molar-refractivity contribution in [3.8, 4) is 11.5 Å². The molecule has 3 aromatic rings. The van der Waals surface area contributed by atoms with Crippen LogP contribution < -0.4 is 10.1 Å². The second-order valence-corrected chi connectivity index (χ2v) is 8.26. The number of thiocarbonyl (C=S) groups is 1. The van der Waals surface area contributed by atoms with Crippen molar-refractivity contribution >= 4 is 23.0 Å². The molecule has 0 spiro atoms. The van der Waals surface area contributed by atoms with Gasteiger partial charge in [-0.2, -0.15) is 0 Å². The molecule has 1 fully saturated rings. The van der Waals surface area contributed by atoms with Gasteiger partial charge in [-0.25, -0.2) is 0 Å². The summed E-state index contributed by atoms with van der Waals surface area (Å²) >= 11 is 5.78. The van der Waals surface area contributed by atoms with Crippen LogP contribution in [0.2, 0.25) is 0 Å². The Hall–Kier alpha value is -2.89. The Balaban J connectivity index is 1.41. The third-order valence-electron chi connectivity index (χ3n) is 5.31. The monoisotopic (exact) mass is 432 g/mol. The zero-order chi connectivity index (χ0) is 21.5. The van der Waals surface area contributed by atoms with Crippen LogP contribution in [0.1, 0.15) is 24.0 Å². The van der Waals surface area contributed by atoms with Crippen LogP contribution in [0, 0.1) is 6.92 Å². The number of nitrogens with one attached hydrogen (secondary N) is 1. The zero-order valence-corrected chi connectivity index (χ0v) is 18.6. The molecule has 0 unspecified atom stereocenters. The number of hydrogen-bond donors (Lipinski definition) is 1. The Labute approximate surface area is 189 Å². The summed E-state index contributed by atoms with van der Waals surface area (Å²) in [6.45, 7) is 4.48. The number of benzene rings is 3. The molecule has 0 bridgehead atoms. The molecule has 4 rings (SSSR count). The highest BCUT2D eigenvalue weighted by Gasteiger charge is 2.21. The van der Waals surface area contributed by atoms with E-state index in [9.17, 15) is 0 Å². The first-order valence-electron chi connectivity index (χ1n) is 10.7. The number of hydrogen-bond acceptors (Lipinski definition) is 3. The van der Waals surface area contributed by atoms with E-state index in [4.69, 9.17) is 21.7 Å². The van der Waals surface area contributed by atoms with Gasteiger partial charge in [-0.3, -0.25) is 0 Å². The minimum Gasteiger partial charge on any atom is -0.457 e. The van der Waals surface area contributed by atoms with Crippen molar-refractivity contribution in [2.75, 3.05) is 18.5 Å².